The highest BCUT2D eigenvalue weighted by molar-refractivity contribution is 5.88. The molecule has 0 unspecified atom stereocenters. The molecule has 0 aliphatic rings. The minimum absolute atomic E-state index is 0.601. The average molecular weight is 172 g/mol. The summed E-state index contributed by atoms with van der Waals surface area (Å²) < 4.78 is 4.27. The van der Waals surface area contributed by atoms with Crippen LogP contribution in [0.2, 0.25) is 0 Å². The molecule has 2 heteroatoms. The first kappa shape index (κ1) is 10.9. The standard InChI is InChI=1S/C11H8O2/c1-3-4-5-6-7-8-9-10-11(12)13-2/h3-4H,1-2H3. The number of esters is 1. The second kappa shape index (κ2) is 7.99. The van der Waals surface area contributed by atoms with E-state index in [0.29, 0.717) is 0 Å². The minimum atomic E-state index is -0.601. The van der Waals surface area contributed by atoms with Crippen LogP contribution >= 0.6 is 0 Å². The molecule has 0 saturated carbocycles. The summed E-state index contributed by atoms with van der Waals surface area (Å²) in [5.41, 5.74) is 0. The maximum atomic E-state index is 10.4. The van der Waals surface area contributed by atoms with Gasteiger partial charge in [0.2, 0.25) is 0 Å². The summed E-state index contributed by atoms with van der Waals surface area (Å²) in [5, 5.41) is 0. The van der Waals surface area contributed by atoms with Crippen LogP contribution in [0, 0.1) is 35.5 Å². The third kappa shape index (κ3) is 7.79. The van der Waals surface area contributed by atoms with Crippen LogP contribution < -0.4 is 0 Å². The predicted molar refractivity (Wildman–Crippen MR) is 50.2 cm³/mol. The lowest BCUT2D eigenvalue weighted by atomic mass is 10.5. The van der Waals surface area contributed by atoms with Crippen molar-refractivity contribution in [3.63, 3.8) is 0 Å². The van der Waals surface area contributed by atoms with Crippen LogP contribution in [0.1, 0.15) is 6.92 Å². The molecular formula is C11H8O2. The molecule has 2 nitrogen and oxygen atoms in total. The van der Waals surface area contributed by atoms with Gasteiger partial charge in [0.15, 0.2) is 0 Å². The van der Waals surface area contributed by atoms with E-state index in [1.165, 1.54) is 7.11 Å². The van der Waals surface area contributed by atoms with Gasteiger partial charge in [-0.2, -0.15) is 0 Å². The topological polar surface area (TPSA) is 26.3 Å². The Bertz CT molecular complexity index is 370. The van der Waals surface area contributed by atoms with Gasteiger partial charge in [0.25, 0.3) is 0 Å². The van der Waals surface area contributed by atoms with Crippen LogP contribution in [0.4, 0.5) is 0 Å². The molecule has 0 spiro atoms. The molecule has 0 radical (unpaired) electrons. The van der Waals surface area contributed by atoms with Gasteiger partial charge < -0.3 is 4.74 Å². The molecule has 0 heterocycles. The van der Waals surface area contributed by atoms with E-state index in [-0.39, 0.29) is 0 Å². The third-order valence-electron chi connectivity index (χ3n) is 0.860. The Morgan fingerprint density at radius 1 is 1.23 bits per heavy atom. The molecule has 0 aliphatic carbocycles. The summed E-state index contributed by atoms with van der Waals surface area (Å²) in [5.74, 6) is 13.9. The van der Waals surface area contributed by atoms with Crippen molar-refractivity contribution in [1.82, 2.24) is 0 Å². The molecule has 0 bridgehead atoms. The Kier molecular flexibility index (Phi) is 6.69. The Hall–Kier alpha value is -2.11. The molecule has 0 N–H and O–H groups in total. The van der Waals surface area contributed by atoms with Crippen LogP contribution in [0.25, 0.3) is 0 Å². The van der Waals surface area contributed by atoms with Gasteiger partial charge in [0.05, 0.1) is 7.11 Å². The number of carbonyl (C=O) groups excluding carboxylic acids is 1. The van der Waals surface area contributed by atoms with Gasteiger partial charge in [0.1, 0.15) is 0 Å². The Morgan fingerprint density at radius 2 is 1.92 bits per heavy atom. The summed E-state index contributed by atoms with van der Waals surface area (Å²) in [6, 6.07) is 0. The minimum Gasteiger partial charge on any atom is -0.459 e. The van der Waals surface area contributed by atoms with Crippen LogP contribution in [0.15, 0.2) is 12.2 Å². The quantitative estimate of drug-likeness (QED) is 0.306. The van der Waals surface area contributed by atoms with Gasteiger partial charge in [-0.3, -0.25) is 0 Å². The molecule has 0 saturated heterocycles. The molecule has 64 valence electrons. The lowest BCUT2D eigenvalue weighted by molar-refractivity contribution is -0.133. The van der Waals surface area contributed by atoms with Crippen molar-refractivity contribution in [3.05, 3.63) is 12.2 Å². The summed E-state index contributed by atoms with van der Waals surface area (Å²) in [7, 11) is 1.26. The van der Waals surface area contributed by atoms with Gasteiger partial charge in [-0.25, -0.2) is 4.79 Å². The van der Waals surface area contributed by atoms with Gasteiger partial charge in [0, 0.05) is 5.92 Å². The second-order valence-electron chi connectivity index (χ2n) is 1.76. The maximum absolute atomic E-state index is 10.4. The largest absolute Gasteiger partial charge is 0.459 e. The predicted octanol–water partition coefficient (Wildman–Crippen LogP) is 0.746. The number of allylic oxidation sites excluding steroid dienone is 2. The monoisotopic (exact) mass is 172 g/mol. The molecule has 0 rings (SSSR count). The summed E-state index contributed by atoms with van der Waals surface area (Å²) in [6.07, 6.45) is 3.47. The van der Waals surface area contributed by atoms with E-state index >= 15 is 0 Å². The number of ether oxygens (including phenoxy) is 1. The fourth-order valence-electron chi connectivity index (χ4n) is 0.357. The highest BCUT2D eigenvalue weighted by atomic mass is 16.5. The first-order valence-electron chi connectivity index (χ1n) is 3.52. The maximum Gasteiger partial charge on any atom is 0.385 e. The van der Waals surface area contributed by atoms with Crippen LogP contribution in [0.3, 0.4) is 0 Å². The molecule has 13 heavy (non-hydrogen) atoms. The van der Waals surface area contributed by atoms with Gasteiger partial charge in [-0.15, -0.1) is 0 Å². The van der Waals surface area contributed by atoms with Crippen molar-refractivity contribution < 1.29 is 9.53 Å². The normalized spacial score (nSPS) is 6.92. The summed E-state index contributed by atoms with van der Waals surface area (Å²) in [6.45, 7) is 1.86. The van der Waals surface area contributed by atoms with Gasteiger partial charge >= 0.3 is 5.97 Å². The molecule has 0 aromatic rings. The second-order valence-corrected chi connectivity index (χ2v) is 1.76. The van der Waals surface area contributed by atoms with Gasteiger partial charge in [-0.1, -0.05) is 12.0 Å². The summed E-state index contributed by atoms with van der Waals surface area (Å²) >= 11 is 0. The lowest BCUT2D eigenvalue weighted by Gasteiger charge is -1.80. The first-order chi connectivity index (χ1) is 6.31. The molecule has 0 aromatic heterocycles. The molecule has 0 amide bonds. The van der Waals surface area contributed by atoms with Crippen molar-refractivity contribution in [2.24, 2.45) is 0 Å². The molecule has 0 aliphatic heterocycles. The average Bonchev–Trinajstić information content (AvgIpc) is 2.16. The zero-order chi connectivity index (χ0) is 9.94. The zero-order valence-electron chi connectivity index (χ0n) is 7.47. The van der Waals surface area contributed by atoms with Crippen LogP contribution in [-0.2, 0) is 9.53 Å². The van der Waals surface area contributed by atoms with E-state index in [0.717, 1.165) is 0 Å². The molecule has 0 aromatic carbocycles. The molecule has 0 atom stereocenters. The van der Waals surface area contributed by atoms with E-state index in [1.54, 1.807) is 12.2 Å². The zero-order valence-corrected chi connectivity index (χ0v) is 7.47. The molecular weight excluding hydrogens is 164 g/mol. The van der Waals surface area contributed by atoms with E-state index in [1.807, 2.05) is 6.92 Å². The Morgan fingerprint density at radius 3 is 2.54 bits per heavy atom. The smallest absolute Gasteiger partial charge is 0.385 e. The van der Waals surface area contributed by atoms with Gasteiger partial charge in [-0.05, 0) is 36.7 Å². The van der Waals surface area contributed by atoms with Crippen LogP contribution in [0.5, 0.6) is 0 Å². The Labute approximate surface area is 78.0 Å². The summed E-state index contributed by atoms with van der Waals surface area (Å²) in [4.78, 5) is 10.4. The van der Waals surface area contributed by atoms with E-state index in [4.69, 9.17) is 0 Å². The number of carbonyl (C=O) groups is 1. The number of rotatable bonds is 0. The van der Waals surface area contributed by atoms with Crippen molar-refractivity contribution in [2.45, 2.75) is 6.92 Å². The SMILES string of the molecule is CC=CC#CC#CC#CC(=O)OC. The lowest BCUT2D eigenvalue weighted by Crippen LogP contribution is -1.93. The molecule has 0 fully saturated rings. The highest BCUT2D eigenvalue weighted by Crippen LogP contribution is 1.66. The highest BCUT2D eigenvalue weighted by Gasteiger charge is 1.85. The number of hydrogen-bond donors (Lipinski definition) is 0. The third-order valence-corrected chi connectivity index (χ3v) is 0.860. The first-order valence-corrected chi connectivity index (χ1v) is 3.52. The number of methoxy groups -OCH3 is 1. The number of hydrogen-bond acceptors (Lipinski definition) is 2. The van der Waals surface area contributed by atoms with Crippen molar-refractivity contribution >= 4 is 5.97 Å². The van der Waals surface area contributed by atoms with E-state index in [9.17, 15) is 4.79 Å². The van der Waals surface area contributed by atoms with Crippen molar-refractivity contribution in [3.8, 4) is 35.5 Å². The van der Waals surface area contributed by atoms with E-state index in [2.05, 4.69) is 40.3 Å². The fourth-order valence-corrected chi connectivity index (χ4v) is 0.357. The van der Waals surface area contributed by atoms with E-state index < -0.39 is 5.97 Å². The van der Waals surface area contributed by atoms with Crippen molar-refractivity contribution in [1.29, 1.82) is 0 Å². The Balaban J connectivity index is 4.06. The fraction of sp³-hybridized carbons (Fsp3) is 0.182. The van der Waals surface area contributed by atoms with Crippen LogP contribution in [-0.4, -0.2) is 13.1 Å². The van der Waals surface area contributed by atoms with Crippen molar-refractivity contribution in [2.75, 3.05) is 7.11 Å².